The van der Waals surface area contributed by atoms with Gasteiger partial charge in [-0.05, 0) is 13.8 Å². The van der Waals surface area contributed by atoms with Crippen LogP contribution >= 0.6 is 0 Å². The average Bonchev–Trinajstić information content (AvgIpc) is 1.82. The Labute approximate surface area is 62.0 Å². The predicted octanol–water partition coefficient (Wildman–Crippen LogP) is 0.962. The quantitative estimate of drug-likeness (QED) is 0.544. The molecule has 1 saturated heterocycles. The summed E-state index contributed by atoms with van der Waals surface area (Å²) in [5.74, 6) is 0.606. The zero-order valence-electron chi connectivity index (χ0n) is 6.85. The molecule has 0 aromatic carbocycles. The number of hydrogen-bond donors (Lipinski definition) is 1. The van der Waals surface area contributed by atoms with Crippen LogP contribution in [0.3, 0.4) is 0 Å². The van der Waals surface area contributed by atoms with E-state index in [9.17, 15) is 4.79 Å². The van der Waals surface area contributed by atoms with E-state index in [0.717, 1.165) is 0 Å². The number of rotatable bonds is 0. The van der Waals surface area contributed by atoms with Gasteiger partial charge in [0.1, 0.15) is 5.78 Å². The van der Waals surface area contributed by atoms with Gasteiger partial charge in [-0.3, -0.25) is 4.79 Å². The summed E-state index contributed by atoms with van der Waals surface area (Å²) in [5, 5.41) is 3.34. The van der Waals surface area contributed by atoms with Gasteiger partial charge in [0.15, 0.2) is 0 Å². The van der Waals surface area contributed by atoms with Gasteiger partial charge in [0.05, 0.1) is 0 Å². The van der Waals surface area contributed by atoms with E-state index < -0.39 is 0 Å². The Kier molecular flexibility index (Phi) is 2.09. The molecule has 0 amide bonds. The van der Waals surface area contributed by atoms with Crippen LogP contribution in [-0.2, 0) is 4.79 Å². The summed E-state index contributed by atoms with van der Waals surface area (Å²) in [6, 6.07) is 0.731. The van der Waals surface area contributed by atoms with Gasteiger partial charge in [0.2, 0.25) is 0 Å². The molecule has 1 N–H and O–H groups in total. The van der Waals surface area contributed by atoms with Crippen LogP contribution in [0.2, 0.25) is 0 Å². The normalized spacial score (nSPS) is 41.9. The van der Waals surface area contributed by atoms with Crippen LogP contribution in [0.5, 0.6) is 0 Å². The van der Waals surface area contributed by atoms with Gasteiger partial charge in [-0.25, -0.2) is 0 Å². The molecule has 1 unspecified atom stereocenters. The van der Waals surface area contributed by atoms with Crippen molar-refractivity contribution in [1.29, 1.82) is 0 Å². The van der Waals surface area contributed by atoms with E-state index >= 15 is 0 Å². The van der Waals surface area contributed by atoms with Crippen molar-refractivity contribution in [3.63, 3.8) is 0 Å². The van der Waals surface area contributed by atoms with Crippen LogP contribution in [0.4, 0.5) is 0 Å². The lowest BCUT2D eigenvalue weighted by molar-refractivity contribution is -0.125. The first kappa shape index (κ1) is 7.73. The molecule has 1 fully saturated rings. The summed E-state index contributed by atoms with van der Waals surface area (Å²) >= 11 is 0. The smallest absolute Gasteiger partial charge is 0.138 e. The number of carbonyl (C=O) groups excluding carboxylic acids is 1. The Morgan fingerprint density at radius 3 is 2.50 bits per heavy atom. The van der Waals surface area contributed by atoms with Crippen molar-refractivity contribution >= 4 is 5.78 Å². The van der Waals surface area contributed by atoms with Crippen LogP contribution in [0.1, 0.15) is 27.2 Å². The summed E-state index contributed by atoms with van der Waals surface area (Å²) in [7, 11) is 0. The van der Waals surface area contributed by atoms with E-state index in [1.54, 1.807) is 0 Å². The minimum atomic E-state index is 0.205. The Morgan fingerprint density at radius 2 is 2.00 bits per heavy atom. The Morgan fingerprint density at radius 1 is 1.40 bits per heavy atom. The standard InChI is InChI=1S/C8H15NO/c1-5-4-8(10)6(2)7(3)9-5/h5-7,9H,4H2,1-3H3/t5-,6?,7-/m0/s1. The summed E-state index contributed by atoms with van der Waals surface area (Å²) in [5.41, 5.74) is 0. The zero-order chi connectivity index (χ0) is 7.72. The van der Waals surface area contributed by atoms with Gasteiger partial charge in [0.25, 0.3) is 0 Å². The molecule has 1 heterocycles. The molecule has 0 saturated carbocycles. The van der Waals surface area contributed by atoms with Gasteiger partial charge in [0, 0.05) is 24.4 Å². The monoisotopic (exact) mass is 141 g/mol. The SMILES string of the molecule is CC1C(=O)C[C@H](C)N[C@H]1C. The minimum absolute atomic E-state index is 0.205. The zero-order valence-corrected chi connectivity index (χ0v) is 6.85. The second-order valence-corrected chi connectivity index (χ2v) is 3.32. The number of carbonyl (C=O) groups is 1. The maximum atomic E-state index is 11.2. The molecule has 3 atom stereocenters. The predicted molar refractivity (Wildman–Crippen MR) is 40.8 cm³/mol. The molecule has 0 aromatic rings. The van der Waals surface area contributed by atoms with Crippen LogP contribution < -0.4 is 5.32 Å². The van der Waals surface area contributed by atoms with Crippen LogP contribution in [0.15, 0.2) is 0 Å². The molecule has 2 heteroatoms. The summed E-state index contributed by atoms with van der Waals surface area (Å²) in [6.45, 7) is 6.12. The van der Waals surface area contributed by atoms with Gasteiger partial charge >= 0.3 is 0 Å². The maximum Gasteiger partial charge on any atom is 0.138 e. The largest absolute Gasteiger partial charge is 0.311 e. The van der Waals surface area contributed by atoms with Crippen molar-refractivity contribution in [2.75, 3.05) is 0 Å². The van der Waals surface area contributed by atoms with E-state index in [1.165, 1.54) is 0 Å². The molecular formula is C8H15NO. The lowest BCUT2D eigenvalue weighted by atomic mass is 9.89. The molecule has 1 rings (SSSR count). The van der Waals surface area contributed by atoms with Crippen molar-refractivity contribution in [1.82, 2.24) is 5.32 Å². The summed E-state index contributed by atoms with van der Waals surface area (Å²) in [6.07, 6.45) is 0.700. The lowest BCUT2D eigenvalue weighted by Gasteiger charge is -2.30. The molecule has 0 aliphatic carbocycles. The third-order valence-corrected chi connectivity index (χ3v) is 2.31. The van der Waals surface area contributed by atoms with E-state index in [-0.39, 0.29) is 5.92 Å². The van der Waals surface area contributed by atoms with Crippen molar-refractivity contribution in [2.45, 2.75) is 39.3 Å². The van der Waals surface area contributed by atoms with Gasteiger partial charge < -0.3 is 5.32 Å². The van der Waals surface area contributed by atoms with Crippen LogP contribution in [0.25, 0.3) is 0 Å². The minimum Gasteiger partial charge on any atom is -0.311 e. The molecule has 2 nitrogen and oxygen atoms in total. The van der Waals surface area contributed by atoms with Crippen molar-refractivity contribution < 1.29 is 4.79 Å². The van der Waals surface area contributed by atoms with Crippen molar-refractivity contribution in [3.8, 4) is 0 Å². The van der Waals surface area contributed by atoms with Gasteiger partial charge in [-0.2, -0.15) is 0 Å². The highest BCUT2D eigenvalue weighted by Crippen LogP contribution is 2.14. The van der Waals surface area contributed by atoms with E-state index in [2.05, 4.69) is 19.2 Å². The number of piperidine rings is 1. The summed E-state index contributed by atoms with van der Waals surface area (Å²) in [4.78, 5) is 11.2. The number of Topliss-reactive ketones (excluding diaryl/α,β-unsaturated/α-hetero) is 1. The third kappa shape index (κ3) is 1.37. The topological polar surface area (TPSA) is 29.1 Å². The third-order valence-electron chi connectivity index (χ3n) is 2.31. The molecule has 10 heavy (non-hydrogen) atoms. The van der Waals surface area contributed by atoms with Crippen LogP contribution in [0, 0.1) is 5.92 Å². The first-order valence-electron chi connectivity index (χ1n) is 3.90. The molecular weight excluding hydrogens is 126 g/mol. The van der Waals surface area contributed by atoms with E-state index in [4.69, 9.17) is 0 Å². The average molecular weight is 141 g/mol. The number of hydrogen-bond acceptors (Lipinski definition) is 2. The fourth-order valence-electron chi connectivity index (χ4n) is 1.42. The molecule has 1 aliphatic heterocycles. The molecule has 1 aliphatic rings. The fraction of sp³-hybridized carbons (Fsp3) is 0.875. The van der Waals surface area contributed by atoms with E-state index in [0.29, 0.717) is 24.3 Å². The van der Waals surface area contributed by atoms with Gasteiger partial charge in [-0.15, -0.1) is 0 Å². The second-order valence-electron chi connectivity index (χ2n) is 3.32. The molecule has 58 valence electrons. The number of ketones is 1. The first-order chi connectivity index (χ1) is 4.61. The highest BCUT2D eigenvalue weighted by molar-refractivity contribution is 5.82. The Balaban J connectivity index is 2.57. The van der Waals surface area contributed by atoms with E-state index in [1.807, 2.05) is 6.92 Å². The van der Waals surface area contributed by atoms with Gasteiger partial charge in [-0.1, -0.05) is 6.92 Å². The van der Waals surface area contributed by atoms with Crippen molar-refractivity contribution in [3.05, 3.63) is 0 Å². The number of nitrogens with one attached hydrogen (secondary N) is 1. The summed E-state index contributed by atoms with van der Waals surface area (Å²) < 4.78 is 0. The second kappa shape index (κ2) is 2.70. The van der Waals surface area contributed by atoms with Crippen molar-refractivity contribution in [2.24, 2.45) is 5.92 Å². The fourth-order valence-corrected chi connectivity index (χ4v) is 1.42. The molecule has 0 spiro atoms. The molecule has 0 bridgehead atoms. The Bertz CT molecular complexity index is 144. The van der Waals surface area contributed by atoms with Crippen LogP contribution in [-0.4, -0.2) is 17.9 Å². The maximum absolute atomic E-state index is 11.2. The molecule has 0 aromatic heterocycles. The first-order valence-corrected chi connectivity index (χ1v) is 3.90. The lowest BCUT2D eigenvalue weighted by Crippen LogP contribution is -2.48. The highest BCUT2D eigenvalue weighted by atomic mass is 16.1. The Hall–Kier alpha value is -0.370. The highest BCUT2D eigenvalue weighted by Gasteiger charge is 2.27. The molecule has 0 radical (unpaired) electrons.